The van der Waals surface area contributed by atoms with E-state index in [0.29, 0.717) is 12.0 Å². The molecule has 2 bridgehead atoms. The van der Waals surface area contributed by atoms with E-state index < -0.39 is 0 Å². The van der Waals surface area contributed by atoms with Crippen molar-refractivity contribution < 1.29 is 0 Å². The van der Waals surface area contributed by atoms with Crippen LogP contribution in [-0.2, 0) is 0 Å². The van der Waals surface area contributed by atoms with Crippen LogP contribution in [0.15, 0.2) is 24.3 Å². The molecular formula is C11H14N2. The average Bonchev–Trinajstić information content (AvgIpc) is 2.52. The molecule has 2 nitrogen and oxygen atoms in total. The minimum atomic E-state index is 0.537. The first-order valence-electron chi connectivity index (χ1n) is 4.98. The second kappa shape index (κ2) is 2.82. The highest BCUT2D eigenvalue weighted by atomic mass is 15.0. The largest absolute Gasteiger partial charge is 0.314 e. The average molecular weight is 174 g/mol. The van der Waals surface area contributed by atoms with E-state index in [1.54, 1.807) is 5.56 Å². The van der Waals surface area contributed by atoms with Crippen molar-refractivity contribution in [3.63, 3.8) is 0 Å². The smallest absolute Gasteiger partial charge is 0.0449 e. The molecule has 0 saturated carbocycles. The third-order valence-corrected chi connectivity index (χ3v) is 3.16. The van der Waals surface area contributed by atoms with Crippen LogP contribution >= 0.6 is 0 Å². The van der Waals surface area contributed by atoms with E-state index in [0.717, 1.165) is 19.6 Å². The summed E-state index contributed by atoms with van der Waals surface area (Å²) in [6.07, 6.45) is 0. The van der Waals surface area contributed by atoms with E-state index in [4.69, 9.17) is 0 Å². The van der Waals surface area contributed by atoms with Gasteiger partial charge < -0.3 is 10.6 Å². The van der Waals surface area contributed by atoms with Gasteiger partial charge in [-0.1, -0.05) is 24.3 Å². The molecule has 0 spiro atoms. The zero-order valence-corrected chi connectivity index (χ0v) is 7.59. The number of benzene rings is 1. The maximum atomic E-state index is 3.57. The van der Waals surface area contributed by atoms with Crippen LogP contribution in [-0.4, -0.2) is 19.6 Å². The maximum absolute atomic E-state index is 3.57. The van der Waals surface area contributed by atoms with Gasteiger partial charge in [0.15, 0.2) is 0 Å². The Morgan fingerprint density at radius 1 is 1.00 bits per heavy atom. The third-order valence-electron chi connectivity index (χ3n) is 3.16. The van der Waals surface area contributed by atoms with Crippen LogP contribution in [0.25, 0.3) is 0 Å². The van der Waals surface area contributed by atoms with Gasteiger partial charge in [-0.3, -0.25) is 0 Å². The standard InChI is InChI=1S/C11H14N2/c1-2-4-10-9(3-1)8-5-12-7-11(10)13-6-8/h1-4,8,11-13H,5-7H2. The lowest BCUT2D eigenvalue weighted by atomic mass is 9.88. The maximum Gasteiger partial charge on any atom is 0.0449 e. The summed E-state index contributed by atoms with van der Waals surface area (Å²) >= 11 is 0. The first-order chi connectivity index (χ1) is 6.45. The fourth-order valence-electron chi connectivity index (χ4n) is 2.47. The number of hydrogen-bond acceptors (Lipinski definition) is 2. The van der Waals surface area contributed by atoms with Gasteiger partial charge in [0.2, 0.25) is 0 Å². The first-order valence-corrected chi connectivity index (χ1v) is 4.98. The molecule has 68 valence electrons. The molecule has 3 heterocycles. The summed E-state index contributed by atoms with van der Waals surface area (Å²) in [5.74, 6) is 0.676. The van der Waals surface area contributed by atoms with Crippen molar-refractivity contribution in [1.82, 2.24) is 10.6 Å². The summed E-state index contributed by atoms with van der Waals surface area (Å²) in [5.41, 5.74) is 3.06. The van der Waals surface area contributed by atoms with Crippen LogP contribution in [0.5, 0.6) is 0 Å². The molecule has 1 aromatic carbocycles. The molecule has 1 saturated heterocycles. The van der Waals surface area contributed by atoms with Crippen molar-refractivity contribution in [2.45, 2.75) is 12.0 Å². The van der Waals surface area contributed by atoms with Crippen molar-refractivity contribution in [1.29, 1.82) is 0 Å². The zero-order valence-electron chi connectivity index (χ0n) is 7.59. The van der Waals surface area contributed by atoms with E-state index in [9.17, 15) is 0 Å². The second-order valence-electron chi connectivity index (χ2n) is 3.94. The summed E-state index contributed by atoms with van der Waals surface area (Å²) in [6.45, 7) is 3.34. The molecule has 0 aliphatic carbocycles. The van der Waals surface area contributed by atoms with Crippen LogP contribution in [0, 0.1) is 0 Å². The fourth-order valence-corrected chi connectivity index (χ4v) is 2.47. The minimum absolute atomic E-state index is 0.537. The van der Waals surface area contributed by atoms with Gasteiger partial charge in [0.25, 0.3) is 0 Å². The molecule has 1 fully saturated rings. The Labute approximate surface area is 78.3 Å². The molecule has 2 heteroatoms. The highest BCUT2D eigenvalue weighted by molar-refractivity contribution is 5.37. The van der Waals surface area contributed by atoms with Gasteiger partial charge in [0.1, 0.15) is 0 Å². The van der Waals surface area contributed by atoms with Gasteiger partial charge in [-0.2, -0.15) is 0 Å². The second-order valence-corrected chi connectivity index (χ2v) is 3.94. The lowest BCUT2D eigenvalue weighted by Gasteiger charge is -2.27. The van der Waals surface area contributed by atoms with Crippen molar-refractivity contribution in [2.75, 3.05) is 19.6 Å². The van der Waals surface area contributed by atoms with Gasteiger partial charge in [-0.15, -0.1) is 0 Å². The minimum Gasteiger partial charge on any atom is -0.314 e. The molecule has 3 aliphatic heterocycles. The molecule has 0 aromatic heterocycles. The van der Waals surface area contributed by atoms with Gasteiger partial charge in [-0.05, 0) is 11.1 Å². The Hall–Kier alpha value is -0.860. The predicted octanol–water partition coefficient (Wildman–Crippen LogP) is 1.02. The van der Waals surface area contributed by atoms with E-state index in [1.165, 1.54) is 5.56 Å². The Kier molecular flexibility index (Phi) is 1.64. The van der Waals surface area contributed by atoms with E-state index in [-0.39, 0.29) is 0 Å². The fraction of sp³-hybridized carbons (Fsp3) is 0.455. The summed E-state index contributed by atoms with van der Waals surface area (Å²) in [7, 11) is 0. The van der Waals surface area contributed by atoms with Gasteiger partial charge >= 0.3 is 0 Å². The zero-order chi connectivity index (χ0) is 8.67. The molecule has 0 radical (unpaired) electrons. The van der Waals surface area contributed by atoms with Crippen molar-refractivity contribution >= 4 is 0 Å². The van der Waals surface area contributed by atoms with Crippen molar-refractivity contribution in [2.24, 2.45) is 0 Å². The van der Waals surface area contributed by atoms with Crippen LogP contribution in [0.2, 0.25) is 0 Å². The SMILES string of the molecule is c1ccc2c(c1)C1CNCC2NC1. The van der Waals surface area contributed by atoms with Gasteiger partial charge in [0.05, 0.1) is 0 Å². The number of fused-ring (bicyclic) bond motifs is 3. The Balaban J connectivity index is 2.15. The van der Waals surface area contributed by atoms with Crippen LogP contribution in [0.3, 0.4) is 0 Å². The molecule has 2 unspecified atom stereocenters. The number of nitrogens with one attached hydrogen (secondary N) is 2. The molecule has 3 aliphatic rings. The van der Waals surface area contributed by atoms with Crippen molar-refractivity contribution in [3.8, 4) is 0 Å². The molecular weight excluding hydrogens is 160 g/mol. The van der Waals surface area contributed by atoms with Crippen LogP contribution in [0.4, 0.5) is 0 Å². The molecule has 2 atom stereocenters. The van der Waals surface area contributed by atoms with Crippen LogP contribution < -0.4 is 10.6 Å². The predicted molar refractivity (Wildman–Crippen MR) is 52.8 cm³/mol. The monoisotopic (exact) mass is 174 g/mol. The molecule has 4 rings (SSSR count). The summed E-state index contributed by atoms with van der Waals surface area (Å²) in [5, 5.41) is 7.07. The van der Waals surface area contributed by atoms with Crippen molar-refractivity contribution in [3.05, 3.63) is 35.4 Å². The van der Waals surface area contributed by atoms with Gasteiger partial charge in [-0.25, -0.2) is 0 Å². The number of hydrogen-bond donors (Lipinski definition) is 2. The molecule has 0 amide bonds. The Bertz CT molecular complexity index is 287. The normalized spacial score (nSPS) is 31.1. The lowest BCUT2D eigenvalue weighted by Crippen LogP contribution is -2.32. The molecule has 13 heavy (non-hydrogen) atoms. The topological polar surface area (TPSA) is 24.1 Å². The molecule has 2 N–H and O–H groups in total. The lowest BCUT2D eigenvalue weighted by molar-refractivity contribution is 0.511. The highest BCUT2D eigenvalue weighted by Gasteiger charge is 2.28. The Morgan fingerprint density at radius 3 is 2.77 bits per heavy atom. The van der Waals surface area contributed by atoms with E-state index in [1.807, 2.05) is 0 Å². The molecule has 1 aromatic rings. The van der Waals surface area contributed by atoms with E-state index in [2.05, 4.69) is 34.9 Å². The Morgan fingerprint density at radius 2 is 1.85 bits per heavy atom. The summed E-state index contributed by atoms with van der Waals surface area (Å²) in [6, 6.07) is 9.36. The third kappa shape index (κ3) is 1.10. The summed E-state index contributed by atoms with van der Waals surface area (Å²) < 4.78 is 0. The summed E-state index contributed by atoms with van der Waals surface area (Å²) in [4.78, 5) is 0. The van der Waals surface area contributed by atoms with Crippen LogP contribution in [0.1, 0.15) is 23.1 Å². The van der Waals surface area contributed by atoms with E-state index >= 15 is 0 Å². The quantitative estimate of drug-likeness (QED) is 0.613. The highest BCUT2D eigenvalue weighted by Crippen LogP contribution is 2.31. The first kappa shape index (κ1) is 7.54. The van der Waals surface area contributed by atoms with Gasteiger partial charge in [0, 0.05) is 31.6 Å². The number of rotatable bonds is 0.